The van der Waals surface area contributed by atoms with Crippen LogP contribution in [-0.4, -0.2) is 218 Å². The van der Waals surface area contributed by atoms with Crippen LogP contribution >= 0.6 is 11.3 Å². The predicted molar refractivity (Wildman–Crippen MR) is 387 cm³/mol. The number of hydrogen-bond acceptors (Lipinski definition) is 23. The lowest BCUT2D eigenvalue weighted by atomic mass is 9.39. The highest BCUT2D eigenvalue weighted by Gasteiger charge is 2.66. The minimum absolute atomic E-state index is 0.0258. The third-order valence-electron chi connectivity index (χ3n) is 20.6. The molecule has 7 amide bonds. The molecule has 32 heteroatoms. The Morgan fingerprint density at radius 2 is 1.48 bits per heavy atom. The molecule has 3 aromatic carbocycles. The highest BCUT2D eigenvalue weighted by Crippen LogP contribution is 2.72. The summed E-state index contributed by atoms with van der Waals surface area (Å²) in [5, 5.41) is 68.2. The van der Waals surface area contributed by atoms with Gasteiger partial charge in [-0.15, -0.1) is 0 Å². The van der Waals surface area contributed by atoms with Crippen LogP contribution in [0, 0.1) is 23.2 Å². The summed E-state index contributed by atoms with van der Waals surface area (Å²) in [5.74, 6) is -4.90. The van der Waals surface area contributed by atoms with E-state index >= 15 is 0 Å². The number of carbonyl (C=O) groups excluding carboxylic acids is 7. The third-order valence-corrected chi connectivity index (χ3v) is 21.6. The molecule has 6 aromatic rings. The van der Waals surface area contributed by atoms with Crippen molar-refractivity contribution in [1.82, 2.24) is 40.2 Å². The number of carboxylic acid groups (broad SMARTS) is 2. The SMILES string of the molecule is COCCN(CCOC12CC3(C)CC(C)(CC(Cn4ncc(-c5ccc(N6CCc7c(OC)ccc(C(=O)Nc8nc9ccccc9s8)c7C6)nc5C(=O)O)c4C)(C3)C1)C2)C(=O)OC/C=C/c1ccc(O[C@@H]2O[C@H](C(=O)O)[C@@H](O)[C@H](O)[C@H]2O)c(NC(=O)CCNC(=O)CCNC(=O)CCN2C(=O)C=CC2=O)c1. The Kier molecular flexibility index (Phi) is 22.9. The largest absolute Gasteiger partial charge is 0.496 e. The topological polar surface area (TPSA) is 412 Å². The van der Waals surface area contributed by atoms with Crippen molar-refractivity contribution in [2.75, 3.05) is 88.8 Å². The molecule has 4 aliphatic carbocycles. The molecule has 31 nitrogen and oxygen atoms in total. The van der Waals surface area contributed by atoms with Crippen molar-refractivity contribution >= 4 is 97.7 Å². The quantitative estimate of drug-likeness (QED) is 0.0230. The third kappa shape index (κ3) is 17.3. The maximum absolute atomic E-state index is 14.0. The second-order valence-electron chi connectivity index (χ2n) is 29.0. The number of ether oxygens (including phenoxy) is 6. The molecule has 3 aromatic heterocycles. The van der Waals surface area contributed by atoms with Crippen LogP contribution in [0.4, 0.5) is 21.4 Å². The van der Waals surface area contributed by atoms with Crippen molar-refractivity contribution in [3.05, 3.63) is 125 Å². The smallest absolute Gasteiger partial charge is 0.410 e. The molecule has 9 N–H and O–H groups in total. The van der Waals surface area contributed by atoms with Gasteiger partial charge in [0, 0.05) is 119 Å². The molecule has 0 spiro atoms. The number of benzene rings is 3. The number of nitrogens with zero attached hydrogens (tertiary/aromatic N) is 7. The number of thiazole rings is 1. The van der Waals surface area contributed by atoms with Crippen LogP contribution in [-0.2, 0) is 67.2 Å². The van der Waals surface area contributed by atoms with E-state index in [1.54, 1.807) is 43.7 Å². The Bertz CT molecular complexity index is 4430. The summed E-state index contributed by atoms with van der Waals surface area (Å²) in [6.45, 7) is 8.17. The molecule has 6 heterocycles. The number of imide groups is 1. The number of aromatic carboxylic acids is 1. The van der Waals surface area contributed by atoms with E-state index in [4.69, 9.17) is 38.5 Å². The number of anilines is 3. The van der Waals surface area contributed by atoms with Gasteiger partial charge in [0.1, 0.15) is 42.2 Å². The average Bonchev–Trinajstić information content (AvgIpc) is 0.751. The van der Waals surface area contributed by atoms with Crippen LogP contribution in [0.15, 0.2) is 91.2 Å². The van der Waals surface area contributed by atoms with E-state index in [2.05, 4.69) is 40.1 Å². The molecule has 7 aliphatic rings. The van der Waals surface area contributed by atoms with Gasteiger partial charge in [0.25, 0.3) is 17.7 Å². The van der Waals surface area contributed by atoms with E-state index < -0.39 is 83.9 Å². The molecular formula is C75H87N11O20S. The first-order valence-electron chi connectivity index (χ1n) is 35.4. The number of pyridine rings is 1. The Morgan fingerprint density at radius 1 is 0.766 bits per heavy atom. The summed E-state index contributed by atoms with van der Waals surface area (Å²) >= 11 is 1.39. The second kappa shape index (κ2) is 32.1. The summed E-state index contributed by atoms with van der Waals surface area (Å²) in [5.41, 5.74) is 4.15. The zero-order valence-corrected chi connectivity index (χ0v) is 60.7. The van der Waals surface area contributed by atoms with E-state index in [0.717, 1.165) is 82.6 Å². The van der Waals surface area contributed by atoms with Gasteiger partial charge in [-0.05, 0) is 134 Å². The molecule has 568 valence electrons. The van der Waals surface area contributed by atoms with Gasteiger partial charge in [0.2, 0.25) is 24.0 Å². The molecule has 4 bridgehead atoms. The molecule has 2 unspecified atom stereocenters. The number of methoxy groups -OCH3 is 2. The van der Waals surface area contributed by atoms with Crippen molar-refractivity contribution in [3.8, 4) is 22.6 Å². The van der Waals surface area contributed by atoms with Crippen molar-refractivity contribution in [3.63, 3.8) is 0 Å². The number of carbonyl (C=O) groups is 9. The first-order chi connectivity index (χ1) is 51.2. The van der Waals surface area contributed by atoms with Crippen LogP contribution < -0.4 is 35.6 Å². The van der Waals surface area contributed by atoms with Gasteiger partial charge < -0.3 is 79.7 Å². The lowest BCUT2D eigenvalue weighted by molar-refractivity contribution is -0.271. The number of amides is 7. The molecule has 7 atom stereocenters. The summed E-state index contributed by atoms with van der Waals surface area (Å²) in [4.78, 5) is 129. The number of aliphatic carboxylic acids is 1. The van der Waals surface area contributed by atoms with E-state index in [1.165, 1.54) is 41.5 Å². The number of aliphatic hydroxyl groups excluding tert-OH is 3. The van der Waals surface area contributed by atoms with Gasteiger partial charge in [0.05, 0.1) is 48.0 Å². The summed E-state index contributed by atoms with van der Waals surface area (Å²) in [7, 11) is 3.12. The van der Waals surface area contributed by atoms with Crippen LogP contribution in [0.3, 0.4) is 0 Å². The number of para-hydroxylation sites is 1. The summed E-state index contributed by atoms with van der Waals surface area (Å²) in [6.07, 6.45) is 1.88. The first kappa shape index (κ1) is 76.4. The van der Waals surface area contributed by atoms with Crippen LogP contribution in [0.2, 0.25) is 0 Å². The standard InChI is InChI=1S/C75H87N11O20S/c1-43-48(46-14-17-55(81-61(46)67(96)97)84-26-22-45-49(35-84)47(13-16-52(45)102-5)66(95)82-70-80-50-10-6-7-11-54(50)107-70)34-78-86(43)42-74-37-72(2)36-73(3,38-74)40-75(39-72,41-74)104-32-29-83(28-31-101-4)71(100)103-30-8-9-44-12-15-53(105-69-64(94)62(92)63(93)65(106-69)68(98)99)51(33-44)79-58(89)21-25-76-56(87)20-24-77-57(88)23-27-85-59(90)18-19-60(85)91/h6-19,33-34,62-65,69,92-94H,20-32,35-42H2,1-5H3,(H,76,87)(H,77,88)(H,79,89)(H,96,97)(H,98,99)(H,80,82,95)/b9-8+/t62-,63-,64+,65-,69+,72?,73?,74?,75?/m0/s1. The minimum atomic E-state index is -2.00. The molecule has 5 fully saturated rings. The maximum Gasteiger partial charge on any atom is 0.410 e. The van der Waals surface area contributed by atoms with Crippen molar-refractivity contribution in [2.45, 2.75) is 134 Å². The first-order valence-corrected chi connectivity index (χ1v) is 36.2. The van der Waals surface area contributed by atoms with Crippen molar-refractivity contribution in [1.29, 1.82) is 0 Å². The van der Waals surface area contributed by atoms with Crippen LogP contribution in [0.25, 0.3) is 27.4 Å². The fourth-order valence-corrected chi connectivity index (χ4v) is 17.8. The number of aromatic nitrogens is 4. The molecule has 0 radical (unpaired) electrons. The fraction of sp³-hybridized carbons (Fsp3) is 0.467. The lowest BCUT2D eigenvalue weighted by Crippen LogP contribution is -2.64. The summed E-state index contributed by atoms with van der Waals surface area (Å²) in [6, 6.07) is 19.1. The molecule has 107 heavy (non-hydrogen) atoms. The van der Waals surface area contributed by atoms with E-state index in [1.807, 2.05) is 46.8 Å². The van der Waals surface area contributed by atoms with Gasteiger partial charge in [-0.2, -0.15) is 5.10 Å². The summed E-state index contributed by atoms with van der Waals surface area (Å²) < 4.78 is 38.1. The number of fused-ring (bicyclic) bond motifs is 2. The van der Waals surface area contributed by atoms with Crippen molar-refractivity contribution in [2.24, 2.45) is 16.2 Å². The zero-order chi connectivity index (χ0) is 76.1. The molecule has 13 rings (SSSR count). The predicted octanol–water partition coefficient (Wildman–Crippen LogP) is 5.86. The number of rotatable bonds is 31. The number of nitrogens with one attached hydrogen (secondary N) is 4. The number of aliphatic hydroxyl groups is 3. The van der Waals surface area contributed by atoms with Gasteiger partial charge >= 0.3 is 18.0 Å². The Balaban J connectivity index is 0.667. The Morgan fingerprint density at radius 3 is 2.19 bits per heavy atom. The van der Waals surface area contributed by atoms with Crippen LogP contribution in [0.5, 0.6) is 11.5 Å². The Labute approximate surface area is 619 Å². The van der Waals surface area contributed by atoms with E-state index in [0.29, 0.717) is 58.5 Å². The molecule has 4 saturated carbocycles. The van der Waals surface area contributed by atoms with Gasteiger partial charge in [-0.25, -0.2) is 24.4 Å². The zero-order valence-electron chi connectivity index (χ0n) is 59.9. The number of carboxylic acids is 2. The normalized spacial score (nSPS) is 24.2. The maximum atomic E-state index is 14.0. The molecular weight excluding hydrogens is 1410 g/mol. The fourth-order valence-electron chi connectivity index (χ4n) is 17.0. The van der Waals surface area contributed by atoms with Gasteiger partial charge in [-0.3, -0.25) is 43.7 Å². The second-order valence-corrected chi connectivity index (χ2v) is 30.0. The van der Waals surface area contributed by atoms with Crippen molar-refractivity contribution < 1.29 is 97.1 Å². The Hall–Kier alpha value is -10.2. The van der Waals surface area contributed by atoms with Gasteiger partial charge in [-0.1, -0.05) is 49.5 Å². The van der Waals surface area contributed by atoms with E-state index in [9.17, 15) is 68.7 Å². The average molecular weight is 1490 g/mol. The minimum Gasteiger partial charge on any atom is -0.496 e. The molecule has 1 saturated heterocycles. The molecule has 3 aliphatic heterocycles. The highest BCUT2D eigenvalue weighted by atomic mass is 32.1. The van der Waals surface area contributed by atoms with Crippen LogP contribution in [0.1, 0.15) is 115 Å². The highest BCUT2D eigenvalue weighted by molar-refractivity contribution is 7.22. The monoisotopic (exact) mass is 1490 g/mol. The lowest BCUT2D eigenvalue weighted by Gasteiger charge is -2.69. The van der Waals surface area contributed by atoms with Gasteiger partial charge in [0.15, 0.2) is 16.9 Å². The number of hydrogen-bond donors (Lipinski definition) is 9. The van der Waals surface area contributed by atoms with E-state index in [-0.39, 0.29) is 118 Å².